The van der Waals surface area contributed by atoms with Gasteiger partial charge < -0.3 is 19.6 Å². The van der Waals surface area contributed by atoms with E-state index in [0.29, 0.717) is 0 Å². The summed E-state index contributed by atoms with van der Waals surface area (Å²) in [5, 5.41) is 14.9. The van der Waals surface area contributed by atoms with Gasteiger partial charge in [-0.2, -0.15) is 0 Å². The lowest BCUT2D eigenvalue weighted by Crippen LogP contribution is -2.61. The summed E-state index contributed by atoms with van der Waals surface area (Å²) in [6.45, 7) is 13.6. The minimum atomic E-state index is -0.211. The van der Waals surface area contributed by atoms with Gasteiger partial charge in [0, 0.05) is 62.6 Å². The molecule has 2 aliphatic rings. The van der Waals surface area contributed by atoms with Crippen LogP contribution in [0.2, 0.25) is 0 Å². The van der Waals surface area contributed by atoms with Crippen molar-refractivity contribution in [3.8, 4) is 11.1 Å². The first-order valence-electron chi connectivity index (χ1n) is 34.1. The van der Waals surface area contributed by atoms with Crippen molar-refractivity contribution in [2.45, 2.75) is 52.4 Å². The zero-order valence-electron chi connectivity index (χ0n) is 55.5. The van der Waals surface area contributed by atoms with Crippen molar-refractivity contribution < 1.29 is 0 Å². The van der Waals surface area contributed by atoms with Crippen molar-refractivity contribution in [2.24, 2.45) is 0 Å². The summed E-state index contributed by atoms with van der Waals surface area (Å²) in [5.74, 6) is 0. The lowest BCUT2D eigenvalue weighted by atomic mass is 9.33. The first-order chi connectivity index (χ1) is 47.4. The Bertz CT molecular complexity index is 5630. The monoisotopic (exact) mass is 1240 g/mol. The molecule has 97 heavy (non-hydrogen) atoms. The minimum Gasteiger partial charge on any atom is -0.311 e. The first-order valence-corrected chi connectivity index (χ1v) is 34.1. The summed E-state index contributed by atoms with van der Waals surface area (Å²) in [5.41, 5.74) is 21.6. The number of fused-ring (bicyclic) bond motifs is 16. The SMILES string of the molecule is CC(C)(C)c1ccc(N(c2ccc(C(C)(C)C)cc2)c2cc3c4c(c2)N(c2ccc5c6ccccc6c6ccccc6c5c2)c2cc(N(c5ccccc5)c5ccccc5)ccc2B4c2cc(-c4ccccc4)ccc2N3c2ccc3c4ccccc4c4ccccc4c3c2)cc1. The van der Waals surface area contributed by atoms with Crippen molar-refractivity contribution >= 4 is 156 Å². The van der Waals surface area contributed by atoms with Gasteiger partial charge >= 0.3 is 0 Å². The van der Waals surface area contributed by atoms with E-state index in [4.69, 9.17) is 0 Å². The van der Waals surface area contributed by atoms with E-state index >= 15 is 0 Å². The number of anilines is 12. The molecule has 2 aliphatic heterocycles. The maximum atomic E-state index is 2.63. The van der Waals surface area contributed by atoms with Crippen molar-refractivity contribution in [3.05, 3.63) is 333 Å². The Balaban J connectivity index is 0.990. The van der Waals surface area contributed by atoms with Crippen LogP contribution < -0.4 is 36.0 Å². The third kappa shape index (κ3) is 9.58. The lowest BCUT2D eigenvalue weighted by molar-refractivity contribution is 0.590. The molecule has 0 atom stereocenters. The van der Waals surface area contributed by atoms with E-state index in [9.17, 15) is 0 Å². The minimum absolute atomic E-state index is 0.0464. The summed E-state index contributed by atoms with van der Waals surface area (Å²) in [6, 6.07) is 121. The van der Waals surface area contributed by atoms with E-state index in [1.807, 2.05) is 0 Å². The highest BCUT2D eigenvalue weighted by molar-refractivity contribution is 7.00. The fourth-order valence-electron chi connectivity index (χ4n) is 15.9. The molecule has 0 radical (unpaired) electrons. The molecule has 16 aromatic rings. The summed E-state index contributed by atoms with van der Waals surface area (Å²) in [6.07, 6.45) is 0. The lowest BCUT2D eigenvalue weighted by Gasteiger charge is -2.45. The van der Waals surface area contributed by atoms with Gasteiger partial charge in [0.1, 0.15) is 0 Å². The van der Waals surface area contributed by atoms with Gasteiger partial charge in [-0.25, -0.2) is 0 Å². The molecule has 18 rings (SSSR count). The Kier molecular flexibility index (Phi) is 13.4. The van der Waals surface area contributed by atoms with Crippen molar-refractivity contribution in [3.63, 3.8) is 0 Å². The highest BCUT2D eigenvalue weighted by Gasteiger charge is 2.45. The highest BCUT2D eigenvalue weighted by atomic mass is 15.2. The Morgan fingerprint density at radius 3 is 1.02 bits per heavy atom. The molecule has 0 unspecified atom stereocenters. The summed E-state index contributed by atoms with van der Waals surface area (Å²) in [4.78, 5) is 10.2. The summed E-state index contributed by atoms with van der Waals surface area (Å²) >= 11 is 0. The predicted molar refractivity (Wildman–Crippen MR) is 418 cm³/mol. The highest BCUT2D eigenvalue weighted by Crippen LogP contribution is 2.52. The number of benzene rings is 16. The molecule has 0 saturated heterocycles. The third-order valence-electron chi connectivity index (χ3n) is 20.6. The van der Waals surface area contributed by atoms with Crippen LogP contribution >= 0.6 is 0 Å². The fourth-order valence-corrected chi connectivity index (χ4v) is 15.9. The maximum Gasteiger partial charge on any atom is 0.252 e. The molecule has 16 aromatic carbocycles. The van der Waals surface area contributed by atoms with E-state index in [1.165, 1.54) is 103 Å². The molecule has 0 amide bonds. The molecular weight excluding hydrogens is 1170 g/mol. The van der Waals surface area contributed by atoms with Crippen LogP contribution in [0.1, 0.15) is 52.7 Å². The van der Waals surface area contributed by atoms with Crippen molar-refractivity contribution in [2.75, 3.05) is 19.6 Å². The van der Waals surface area contributed by atoms with E-state index in [2.05, 4.69) is 383 Å². The van der Waals surface area contributed by atoms with Gasteiger partial charge in [0.15, 0.2) is 0 Å². The number of hydrogen-bond acceptors (Lipinski definition) is 4. The molecule has 0 spiro atoms. The molecule has 0 N–H and O–H groups in total. The van der Waals surface area contributed by atoms with Gasteiger partial charge in [0.05, 0.1) is 5.69 Å². The fraction of sp³-hybridized carbons (Fsp3) is 0.0870. The van der Waals surface area contributed by atoms with Gasteiger partial charge in [-0.05, 0) is 217 Å². The molecule has 4 nitrogen and oxygen atoms in total. The van der Waals surface area contributed by atoms with E-state index in [1.54, 1.807) is 0 Å². The molecule has 0 fully saturated rings. The number of nitrogens with zero attached hydrogens (tertiary/aromatic N) is 4. The average molecular weight is 1240 g/mol. The first kappa shape index (κ1) is 58.0. The standard InChI is InChI=1S/C92H71BN4/c1-91(2,3)62-39-43-66(44-40-62)95(67-45-41-63(42-46-67)92(4,5)6)71-58-88-90-89(59-71)97(69-48-51-81-77-35-19-17-31-73(77)75-33-21-23-37-79(75)83(81)56-69)87-57-70(94(64-26-12-8-13-27-64)65-28-14-9-15-29-65)49-52-84(87)93(90)85-54-61(60-24-10-7-11-25-60)38-53-86(85)96(88)68-47-50-80-76-34-18-16-30-72(76)74-32-20-22-36-78(74)82(80)55-68/h7-59H,1-6H3. The molecule has 5 heteroatoms. The quantitative estimate of drug-likeness (QED) is 0.105. The number of rotatable bonds is 9. The molecule has 0 aliphatic carbocycles. The normalized spacial score (nSPS) is 12.8. The van der Waals surface area contributed by atoms with Crippen LogP contribution in [-0.4, -0.2) is 6.71 Å². The zero-order valence-corrected chi connectivity index (χ0v) is 55.5. The van der Waals surface area contributed by atoms with Crippen LogP contribution in [0, 0.1) is 0 Å². The Labute approximate surface area is 568 Å². The van der Waals surface area contributed by atoms with Crippen LogP contribution in [0.5, 0.6) is 0 Å². The molecule has 2 heterocycles. The average Bonchev–Trinajstić information content (AvgIpc) is 0.692. The van der Waals surface area contributed by atoms with Crippen LogP contribution in [0.4, 0.5) is 68.2 Å². The third-order valence-corrected chi connectivity index (χ3v) is 20.6. The Morgan fingerprint density at radius 1 is 0.237 bits per heavy atom. The second-order valence-corrected chi connectivity index (χ2v) is 28.5. The molecule has 0 saturated carbocycles. The summed E-state index contributed by atoms with van der Waals surface area (Å²) < 4.78 is 0. The smallest absolute Gasteiger partial charge is 0.252 e. The van der Waals surface area contributed by atoms with Gasteiger partial charge in [0.25, 0.3) is 6.71 Å². The van der Waals surface area contributed by atoms with Gasteiger partial charge in [-0.1, -0.05) is 260 Å². The molecule has 462 valence electrons. The largest absolute Gasteiger partial charge is 0.311 e. The number of hydrogen-bond donors (Lipinski definition) is 0. The zero-order chi connectivity index (χ0) is 65.3. The maximum absolute atomic E-state index is 2.63. The van der Waals surface area contributed by atoms with E-state index < -0.39 is 0 Å². The van der Waals surface area contributed by atoms with Gasteiger partial charge in [-0.3, -0.25) is 0 Å². The molecule has 0 bridgehead atoms. The topological polar surface area (TPSA) is 13.0 Å². The number of para-hydroxylation sites is 2. The second-order valence-electron chi connectivity index (χ2n) is 28.5. The van der Waals surface area contributed by atoms with Gasteiger partial charge in [0.2, 0.25) is 0 Å². The Morgan fingerprint density at radius 2 is 0.588 bits per heavy atom. The van der Waals surface area contributed by atoms with Crippen LogP contribution in [-0.2, 0) is 10.8 Å². The van der Waals surface area contributed by atoms with E-state index in [0.717, 1.165) is 68.2 Å². The molecule has 0 aromatic heterocycles. The Hall–Kier alpha value is -11.7. The predicted octanol–water partition coefficient (Wildman–Crippen LogP) is 23.9. The van der Waals surface area contributed by atoms with Gasteiger partial charge in [-0.15, -0.1) is 0 Å². The molecular formula is C92H71BN4. The van der Waals surface area contributed by atoms with Crippen molar-refractivity contribution in [1.82, 2.24) is 0 Å². The van der Waals surface area contributed by atoms with Crippen LogP contribution in [0.15, 0.2) is 322 Å². The van der Waals surface area contributed by atoms with Crippen molar-refractivity contribution in [1.29, 1.82) is 0 Å². The second kappa shape index (κ2) is 22.5. The summed E-state index contributed by atoms with van der Waals surface area (Å²) in [7, 11) is 0. The van der Waals surface area contributed by atoms with E-state index in [-0.39, 0.29) is 17.5 Å². The van der Waals surface area contributed by atoms with Crippen LogP contribution in [0.3, 0.4) is 0 Å². The van der Waals surface area contributed by atoms with Crippen LogP contribution in [0.25, 0.3) is 75.8 Å².